The van der Waals surface area contributed by atoms with Crippen LogP contribution in [-0.2, 0) is 6.42 Å². The number of aromatic nitrogens is 1. The third-order valence-corrected chi connectivity index (χ3v) is 3.61. The van der Waals surface area contributed by atoms with Crippen molar-refractivity contribution in [3.8, 4) is 5.75 Å². The molecule has 0 aliphatic rings. The van der Waals surface area contributed by atoms with E-state index in [-0.39, 0.29) is 0 Å². The minimum Gasteiger partial charge on any atom is -0.497 e. The number of rotatable bonds is 3. The Kier molecular flexibility index (Phi) is 3.00. The molecule has 0 spiro atoms. The highest BCUT2D eigenvalue weighted by Gasteiger charge is 2.07. The molecule has 96 valence electrons. The molecule has 0 atom stereocenters. The number of methoxy groups -OCH3 is 1. The van der Waals surface area contributed by atoms with Gasteiger partial charge in [0.25, 0.3) is 0 Å². The monoisotopic (exact) mass is 251 g/mol. The Balaban J connectivity index is 1.94. The first-order valence-corrected chi connectivity index (χ1v) is 6.47. The first kappa shape index (κ1) is 11.8. The van der Waals surface area contributed by atoms with Crippen LogP contribution in [0.5, 0.6) is 5.75 Å². The second-order valence-corrected chi connectivity index (χ2v) is 4.80. The summed E-state index contributed by atoms with van der Waals surface area (Å²) in [6, 6.07) is 16.7. The molecule has 0 amide bonds. The predicted molar refractivity (Wildman–Crippen MR) is 78.8 cm³/mol. The number of aryl methyl sites for hydroxylation is 1. The van der Waals surface area contributed by atoms with E-state index in [1.54, 1.807) is 7.11 Å². The zero-order valence-electron chi connectivity index (χ0n) is 11.2. The molecule has 0 aliphatic carbocycles. The lowest BCUT2D eigenvalue weighted by Gasteiger charge is -2.03. The number of nitrogens with one attached hydrogen (secondary N) is 1. The summed E-state index contributed by atoms with van der Waals surface area (Å²) >= 11 is 0. The smallest absolute Gasteiger partial charge is 0.118 e. The van der Waals surface area contributed by atoms with Crippen LogP contribution in [0.4, 0.5) is 0 Å². The van der Waals surface area contributed by atoms with Crippen molar-refractivity contribution in [1.82, 2.24) is 4.98 Å². The third-order valence-electron chi connectivity index (χ3n) is 3.61. The van der Waals surface area contributed by atoms with Crippen molar-refractivity contribution in [3.63, 3.8) is 0 Å². The molecule has 0 fully saturated rings. The average molecular weight is 251 g/mol. The van der Waals surface area contributed by atoms with Gasteiger partial charge in [0.2, 0.25) is 0 Å². The van der Waals surface area contributed by atoms with Gasteiger partial charge < -0.3 is 9.72 Å². The molecule has 0 saturated heterocycles. The van der Waals surface area contributed by atoms with E-state index in [1.165, 1.54) is 27.7 Å². The van der Waals surface area contributed by atoms with Crippen molar-refractivity contribution in [2.24, 2.45) is 0 Å². The van der Waals surface area contributed by atoms with Crippen LogP contribution in [0.3, 0.4) is 0 Å². The van der Waals surface area contributed by atoms with Gasteiger partial charge in [0.1, 0.15) is 5.75 Å². The molecule has 0 radical (unpaired) electrons. The van der Waals surface area contributed by atoms with E-state index >= 15 is 0 Å². The van der Waals surface area contributed by atoms with Gasteiger partial charge in [-0.1, -0.05) is 30.3 Å². The lowest BCUT2D eigenvalue weighted by Crippen LogP contribution is -1.91. The van der Waals surface area contributed by atoms with E-state index in [0.717, 1.165) is 12.2 Å². The minimum atomic E-state index is 0.900. The average Bonchev–Trinajstić information content (AvgIpc) is 2.77. The number of aromatic amines is 1. The molecule has 1 aromatic heterocycles. The number of benzene rings is 2. The van der Waals surface area contributed by atoms with Gasteiger partial charge in [-0.25, -0.2) is 0 Å². The van der Waals surface area contributed by atoms with Crippen LogP contribution >= 0.6 is 0 Å². The van der Waals surface area contributed by atoms with E-state index in [9.17, 15) is 0 Å². The molecule has 2 heteroatoms. The third kappa shape index (κ3) is 2.22. The van der Waals surface area contributed by atoms with Crippen molar-refractivity contribution < 1.29 is 4.74 Å². The number of para-hydroxylation sites is 1. The van der Waals surface area contributed by atoms with Crippen LogP contribution in [-0.4, -0.2) is 12.1 Å². The fourth-order valence-electron chi connectivity index (χ4n) is 2.46. The van der Waals surface area contributed by atoms with E-state index in [4.69, 9.17) is 4.74 Å². The first-order chi connectivity index (χ1) is 9.28. The Hall–Kier alpha value is -2.22. The highest BCUT2D eigenvalue weighted by atomic mass is 16.5. The maximum atomic E-state index is 5.18. The maximum Gasteiger partial charge on any atom is 0.118 e. The van der Waals surface area contributed by atoms with Gasteiger partial charge in [-0.2, -0.15) is 0 Å². The first-order valence-electron chi connectivity index (χ1n) is 6.47. The molecule has 0 unspecified atom stereocenters. The van der Waals surface area contributed by atoms with Crippen LogP contribution in [0, 0.1) is 6.92 Å². The molecule has 1 heterocycles. The van der Waals surface area contributed by atoms with E-state index in [2.05, 4.69) is 48.3 Å². The molecule has 0 saturated carbocycles. The number of ether oxygens (including phenoxy) is 1. The largest absolute Gasteiger partial charge is 0.497 e. The van der Waals surface area contributed by atoms with E-state index in [1.807, 2.05) is 12.1 Å². The predicted octanol–water partition coefficient (Wildman–Crippen LogP) is 4.08. The summed E-state index contributed by atoms with van der Waals surface area (Å²) in [4.78, 5) is 3.51. The number of fused-ring (bicyclic) bond motifs is 1. The summed E-state index contributed by atoms with van der Waals surface area (Å²) in [5.74, 6) is 0.900. The molecule has 0 bridgehead atoms. The van der Waals surface area contributed by atoms with Crippen LogP contribution in [0.15, 0.2) is 48.5 Å². The lowest BCUT2D eigenvalue weighted by molar-refractivity contribution is 0.414. The summed E-state index contributed by atoms with van der Waals surface area (Å²) < 4.78 is 5.18. The van der Waals surface area contributed by atoms with Crippen molar-refractivity contribution >= 4 is 10.9 Å². The van der Waals surface area contributed by atoms with Crippen LogP contribution in [0.2, 0.25) is 0 Å². The summed E-state index contributed by atoms with van der Waals surface area (Å²) in [5, 5.41) is 1.31. The number of H-pyrrole nitrogens is 1. The Labute approximate surface area is 113 Å². The maximum absolute atomic E-state index is 5.18. The minimum absolute atomic E-state index is 0.900. The Morgan fingerprint density at radius 2 is 1.74 bits per heavy atom. The second-order valence-electron chi connectivity index (χ2n) is 4.80. The highest BCUT2D eigenvalue weighted by Crippen LogP contribution is 2.23. The summed E-state index contributed by atoms with van der Waals surface area (Å²) in [6.07, 6.45) is 0.921. The molecule has 3 rings (SSSR count). The quantitative estimate of drug-likeness (QED) is 0.745. The van der Waals surface area contributed by atoms with E-state index in [0.29, 0.717) is 0 Å². The van der Waals surface area contributed by atoms with Gasteiger partial charge >= 0.3 is 0 Å². The number of hydrogen-bond acceptors (Lipinski definition) is 1. The van der Waals surface area contributed by atoms with Gasteiger partial charge in [-0.15, -0.1) is 0 Å². The van der Waals surface area contributed by atoms with Gasteiger partial charge in [0, 0.05) is 23.0 Å². The van der Waals surface area contributed by atoms with Crippen LogP contribution in [0.1, 0.15) is 16.8 Å². The standard InChI is InChI=1S/C17H17NO/c1-12-15-5-3-4-6-16(15)18-17(12)11-13-7-9-14(19-2)10-8-13/h3-10,18H,11H2,1-2H3. The van der Waals surface area contributed by atoms with Gasteiger partial charge in [0.05, 0.1) is 7.11 Å². The zero-order chi connectivity index (χ0) is 13.2. The Bertz CT molecular complexity index is 695. The van der Waals surface area contributed by atoms with Gasteiger partial charge in [-0.05, 0) is 36.2 Å². The van der Waals surface area contributed by atoms with Crippen molar-refractivity contribution in [3.05, 3.63) is 65.4 Å². The molecular formula is C17H17NO. The van der Waals surface area contributed by atoms with Crippen LogP contribution < -0.4 is 4.74 Å². The SMILES string of the molecule is COc1ccc(Cc2[nH]c3ccccc3c2C)cc1. The normalized spacial score (nSPS) is 10.8. The Morgan fingerprint density at radius 3 is 2.42 bits per heavy atom. The Morgan fingerprint density at radius 1 is 1.00 bits per heavy atom. The molecule has 1 N–H and O–H groups in total. The fraction of sp³-hybridized carbons (Fsp3) is 0.176. The highest BCUT2D eigenvalue weighted by molar-refractivity contribution is 5.84. The molecular weight excluding hydrogens is 234 g/mol. The molecule has 19 heavy (non-hydrogen) atoms. The summed E-state index contributed by atoms with van der Waals surface area (Å²) in [5.41, 5.74) is 5.12. The summed E-state index contributed by atoms with van der Waals surface area (Å²) in [6.45, 7) is 2.18. The summed E-state index contributed by atoms with van der Waals surface area (Å²) in [7, 11) is 1.69. The van der Waals surface area contributed by atoms with Gasteiger partial charge in [0.15, 0.2) is 0 Å². The van der Waals surface area contributed by atoms with E-state index < -0.39 is 0 Å². The number of hydrogen-bond donors (Lipinski definition) is 1. The van der Waals surface area contributed by atoms with Crippen molar-refractivity contribution in [2.75, 3.05) is 7.11 Å². The molecule has 2 aromatic carbocycles. The van der Waals surface area contributed by atoms with Crippen molar-refractivity contribution in [2.45, 2.75) is 13.3 Å². The second kappa shape index (κ2) is 4.81. The van der Waals surface area contributed by atoms with Crippen molar-refractivity contribution in [1.29, 1.82) is 0 Å². The van der Waals surface area contributed by atoms with Gasteiger partial charge in [-0.3, -0.25) is 0 Å². The molecule has 0 aliphatic heterocycles. The fourth-order valence-corrected chi connectivity index (χ4v) is 2.46. The zero-order valence-corrected chi connectivity index (χ0v) is 11.2. The van der Waals surface area contributed by atoms with Crippen LogP contribution in [0.25, 0.3) is 10.9 Å². The lowest BCUT2D eigenvalue weighted by atomic mass is 10.1. The molecule has 3 aromatic rings. The molecule has 2 nitrogen and oxygen atoms in total. The topological polar surface area (TPSA) is 25.0 Å².